The Bertz CT molecular complexity index is 1160. The molecule has 0 aromatic heterocycles. The Labute approximate surface area is 223 Å². The third-order valence-corrected chi connectivity index (χ3v) is 12.2. The fourth-order valence-corrected chi connectivity index (χ4v) is 9.90. The van der Waals surface area contributed by atoms with E-state index in [1.165, 1.54) is 50.7 Å². The summed E-state index contributed by atoms with van der Waals surface area (Å²) in [7, 11) is 0. The Morgan fingerprint density at radius 3 is 2.11 bits per heavy atom. The second-order valence-electron chi connectivity index (χ2n) is 14.5. The summed E-state index contributed by atoms with van der Waals surface area (Å²) in [5.41, 5.74) is 11.1. The fourth-order valence-electron chi connectivity index (χ4n) is 9.90. The average Bonchev–Trinajstić information content (AvgIpc) is 2.79. The molecule has 5 heteroatoms. The van der Waals surface area contributed by atoms with Crippen molar-refractivity contribution in [1.29, 1.82) is 0 Å². The molecule has 1 unspecified atom stereocenters. The van der Waals surface area contributed by atoms with Gasteiger partial charge in [-0.05, 0) is 128 Å². The summed E-state index contributed by atoms with van der Waals surface area (Å²) in [6.45, 7) is 17.3. The number of carbonyl (C=O) groups excluding carboxylic acids is 2. The molecule has 204 valence electrons. The number of fused-ring (bicyclic) bond motifs is 7. The average molecular weight is 510 g/mol. The van der Waals surface area contributed by atoms with E-state index in [0.29, 0.717) is 28.7 Å². The van der Waals surface area contributed by atoms with Crippen molar-refractivity contribution < 1.29 is 19.1 Å². The van der Waals surface area contributed by atoms with Crippen molar-refractivity contribution in [3.8, 4) is 11.5 Å². The topological polar surface area (TPSA) is 78.6 Å². The van der Waals surface area contributed by atoms with Crippen LogP contribution in [0.15, 0.2) is 6.07 Å². The molecule has 0 heterocycles. The van der Waals surface area contributed by atoms with E-state index >= 15 is 0 Å². The van der Waals surface area contributed by atoms with Gasteiger partial charge in [0.15, 0.2) is 11.5 Å². The van der Waals surface area contributed by atoms with Crippen molar-refractivity contribution in [3.63, 3.8) is 0 Å². The van der Waals surface area contributed by atoms with Gasteiger partial charge in [-0.2, -0.15) is 0 Å². The third-order valence-electron chi connectivity index (χ3n) is 12.2. The lowest BCUT2D eigenvalue weighted by molar-refractivity contribution is -0.204. The Kier molecular flexibility index (Phi) is 6.00. The highest BCUT2D eigenvalue weighted by atomic mass is 16.6. The number of benzene rings is 1. The van der Waals surface area contributed by atoms with E-state index in [0.717, 1.165) is 37.7 Å². The predicted octanol–water partition coefficient (Wildman–Crippen LogP) is 6.79. The number of ether oxygens (including phenoxy) is 2. The summed E-state index contributed by atoms with van der Waals surface area (Å²) in [5.74, 6) is 1.14. The maximum Gasteiger partial charge on any atom is 0.308 e. The standard InChI is InChI=1S/C32H47NO4/c1-19-22-9-10-25-30(6,23(22)17-24(36-20(2)34)27(19)37-21(3)35)14-16-32(8)26-18-29(5,33)13-11-28(26,4)12-15-31(25,32)7/h17,25-26H,9-16,18,33H2,1-8H3/t25?,26-,28-,29-,30+,31-,32+/m1/s1. The van der Waals surface area contributed by atoms with Crippen molar-refractivity contribution in [3.05, 3.63) is 22.8 Å². The minimum Gasteiger partial charge on any atom is -0.423 e. The molecular formula is C32H47NO4. The summed E-state index contributed by atoms with van der Waals surface area (Å²) < 4.78 is 11.2. The summed E-state index contributed by atoms with van der Waals surface area (Å²) in [4.78, 5) is 23.9. The van der Waals surface area contributed by atoms with Gasteiger partial charge in [-0.3, -0.25) is 9.59 Å². The van der Waals surface area contributed by atoms with Crippen LogP contribution in [0.5, 0.6) is 11.5 Å². The second kappa shape index (κ2) is 8.31. The van der Waals surface area contributed by atoms with Crippen molar-refractivity contribution in [2.75, 3.05) is 0 Å². The molecular weight excluding hydrogens is 462 g/mol. The van der Waals surface area contributed by atoms with Crippen molar-refractivity contribution >= 4 is 11.9 Å². The highest BCUT2D eigenvalue weighted by molar-refractivity contribution is 5.75. The number of esters is 2. The van der Waals surface area contributed by atoms with Crippen LogP contribution in [-0.2, 0) is 21.4 Å². The molecule has 4 aliphatic rings. The maximum absolute atomic E-state index is 12.0. The van der Waals surface area contributed by atoms with Crippen LogP contribution in [0.4, 0.5) is 0 Å². The summed E-state index contributed by atoms with van der Waals surface area (Å²) in [5, 5.41) is 0. The Morgan fingerprint density at radius 2 is 1.46 bits per heavy atom. The van der Waals surface area contributed by atoms with Gasteiger partial charge < -0.3 is 15.2 Å². The monoisotopic (exact) mass is 509 g/mol. The largest absolute Gasteiger partial charge is 0.423 e. The number of hydrogen-bond donors (Lipinski definition) is 1. The summed E-state index contributed by atoms with van der Waals surface area (Å²) in [6, 6.07) is 2.03. The van der Waals surface area contributed by atoms with Crippen molar-refractivity contribution in [2.45, 2.75) is 124 Å². The first kappa shape index (κ1) is 26.7. The first-order chi connectivity index (χ1) is 17.1. The highest BCUT2D eigenvalue weighted by Crippen LogP contribution is 2.74. The molecule has 0 bridgehead atoms. The molecule has 2 N–H and O–H groups in total. The van der Waals surface area contributed by atoms with E-state index < -0.39 is 11.9 Å². The van der Waals surface area contributed by atoms with Crippen LogP contribution in [0.3, 0.4) is 0 Å². The van der Waals surface area contributed by atoms with Crippen LogP contribution in [0.2, 0.25) is 0 Å². The molecule has 3 fully saturated rings. The molecule has 0 spiro atoms. The smallest absolute Gasteiger partial charge is 0.308 e. The molecule has 0 amide bonds. The number of carbonyl (C=O) groups is 2. The summed E-state index contributed by atoms with van der Waals surface area (Å²) in [6.07, 6.45) is 10.4. The zero-order valence-electron chi connectivity index (χ0n) is 24.3. The molecule has 37 heavy (non-hydrogen) atoms. The first-order valence-corrected chi connectivity index (χ1v) is 14.4. The van der Waals surface area contributed by atoms with Gasteiger partial charge in [0, 0.05) is 19.4 Å². The molecule has 1 aromatic carbocycles. The van der Waals surface area contributed by atoms with Crippen LogP contribution in [0.1, 0.15) is 117 Å². The molecule has 0 radical (unpaired) electrons. The molecule has 4 aliphatic carbocycles. The molecule has 3 saturated carbocycles. The van der Waals surface area contributed by atoms with E-state index in [-0.39, 0.29) is 21.8 Å². The second-order valence-corrected chi connectivity index (χ2v) is 14.5. The van der Waals surface area contributed by atoms with E-state index in [1.54, 1.807) is 0 Å². The van der Waals surface area contributed by atoms with Gasteiger partial charge in [-0.1, -0.05) is 27.7 Å². The van der Waals surface area contributed by atoms with Gasteiger partial charge in [-0.25, -0.2) is 0 Å². The van der Waals surface area contributed by atoms with Crippen molar-refractivity contribution in [1.82, 2.24) is 0 Å². The van der Waals surface area contributed by atoms with Gasteiger partial charge in [0.05, 0.1) is 0 Å². The van der Waals surface area contributed by atoms with E-state index in [4.69, 9.17) is 15.2 Å². The van der Waals surface area contributed by atoms with Crippen LogP contribution in [0.25, 0.3) is 0 Å². The van der Waals surface area contributed by atoms with Crippen LogP contribution in [-0.4, -0.2) is 17.5 Å². The lowest BCUT2D eigenvalue weighted by Crippen LogP contribution is -2.66. The molecule has 0 aliphatic heterocycles. The van der Waals surface area contributed by atoms with Gasteiger partial charge >= 0.3 is 11.9 Å². The lowest BCUT2D eigenvalue weighted by atomic mass is 9.33. The first-order valence-electron chi connectivity index (χ1n) is 14.4. The zero-order valence-corrected chi connectivity index (χ0v) is 24.3. The highest BCUT2D eigenvalue weighted by Gasteiger charge is 2.68. The van der Waals surface area contributed by atoms with Crippen molar-refractivity contribution in [2.24, 2.45) is 33.8 Å². The predicted molar refractivity (Wildman–Crippen MR) is 146 cm³/mol. The van der Waals surface area contributed by atoms with Crippen LogP contribution in [0, 0.1) is 35.0 Å². The van der Waals surface area contributed by atoms with E-state index in [9.17, 15) is 9.59 Å². The number of hydrogen-bond acceptors (Lipinski definition) is 5. The Morgan fingerprint density at radius 1 is 0.865 bits per heavy atom. The fraction of sp³-hybridized carbons (Fsp3) is 0.750. The number of rotatable bonds is 2. The third kappa shape index (κ3) is 3.81. The minimum atomic E-state index is -0.401. The van der Waals surface area contributed by atoms with Gasteiger partial charge in [0.1, 0.15) is 0 Å². The van der Waals surface area contributed by atoms with Gasteiger partial charge in [0.25, 0.3) is 0 Å². The van der Waals surface area contributed by atoms with Crippen LogP contribution >= 0.6 is 0 Å². The van der Waals surface area contributed by atoms with Gasteiger partial charge in [0.2, 0.25) is 0 Å². The zero-order chi connectivity index (χ0) is 27.2. The van der Waals surface area contributed by atoms with Crippen LogP contribution < -0.4 is 15.2 Å². The molecule has 7 atom stereocenters. The quantitative estimate of drug-likeness (QED) is 0.351. The molecule has 1 aromatic rings. The SMILES string of the molecule is CC(=O)Oc1cc2c(c(C)c1OC(C)=O)CCC1[C@@]2(C)CC[C@@]2(C)[C@@H]3C[C@](C)(N)CC[C@]3(C)CC[C@]12C. The Hall–Kier alpha value is -1.88. The number of nitrogens with two attached hydrogens (primary N) is 1. The lowest BCUT2D eigenvalue weighted by Gasteiger charge is -2.72. The van der Waals surface area contributed by atoms with Gasteiger partial charge in [-0.15, -0.1) is 0 Å². The normalized spacial score (nSPS) is 42.5. The minimum absolute atomic E-state index is 0.0231. The molecule has 0 saturated heterocycles. The molecule has 5 rings (SSSR count). The summed E-state index contributed by atoms with van der Waals surface area (Å²) >= 11 is 0. The van der Waals surface area contributed by atoms with E-state index in [2.05, 4.69) is 34.6 Å². The Balaban J connectivity index is 1.61. The molecule has 5 nitrogen and oxygen atoms in total. The van der Waals surface area contributed by atoms with E-state index in [1.807, 2.05) is 13.0 Å². The maximum atomic E-state index is 12.0.